The van der Waals surface area contributed by atoms with Crippen LogP contribution in [0.5, 0.6) is 0 Å². The van der Waals surface area contributed by atoms with Crippen LogP contribution in [0.2, 0.25) is 0 Å². The minimum absolute atomic E-state index is 0.418. The van der Waals surface area contributed by atoms with E-state index < -0.39 is 0 Å². The second-order valence-corrected chi connectivity index (χ2v) is 6.04. The molecule has 0 spiro atoms. The van der Waals surface area contributed by atoms with Crippen molar-refractivity contribution in [2.24, 2.45) is 0 Å². The summed E-state index contributed by atoms with van der Waals surface area (Å²) >= 11 is 0. The molecule has 0 radical (unpaired) electrons. The van der Waals surface area contributed by atoms with Crippen molar-refractivity contribution < 1.29 is 13.9 Å². The fourth-order valence-corrected chi connectivity index (χ4v) is 2.83. The maximum absolute atomic E-state index is 5.80. The fourth-order valence-electron chi connectivity index (χ4n) is 2.83. The number of furan rings is 1. The van der Waals surface area contributed by atoms with E-state index in [1.807, 2.05) is 6.92 Å². The van der Waals surface area contributed by atoms with Crippen LogP contribution in [0.4, 0.5) is 0 Å². The Labute approximate surface area is 128 Å². The number of nitrogens with zero attached hydrogens (tertiary/aromatic N) is 1. The molecular formula is C17H29NO3. The van der Waals surface area contributed by atoms with Crippen molar-refractivity contribution in [1.82, 2.24) is 4.90 Å². The molecule has 1 aliphatic heterocycles. The van der Waals surface area contributed by atoms with Crippen LogP contribution in [0, 0.1) is 6.92 Å². The summed E-state index contributed by atoms with van der Waals surface area (Å²) in [6.07, 6.45) is 3.85. The lowest BCUT2D eigenvalue weighted by molar-refractivity contribution is -0.0149. The van der Waals surface area contributed by atoms with Gasteiger partial charge in [-0.1, -0.05) is 6.92 Å². The number of ether oxygens (including phenoxy) is 2. The molecule has 4 nitrogen and oxygen atoms in total. The van der Waals surface area contributed by atoms with Gasteiger partial charge in [-0.25, -0.2) is 0 Å². The highest BCUT2D eigenvalue weighted by Gasteiger charge is 2.20. The summed E-state index contributed by atoms with van der Waals surface area (Å²) < 4.78 is 16.5. The Morgan fingerprint density at radius 1 is 1.29 bits per heavy atom. The lowest BCUT2D eigenvalue weighted by Crippen LogP contribution is -2.38. The molecule has 21 heavy (non-hydrogen) atoms. The number of rotatable bonds is 8. The van der Waals surface area contributed by atoms with E-state index in [9.17, 15) is 0 Å². The predicted octanol–water partition coefficient (Wildman–Crippen LogP) is 3.21. The van der Waals surface area contributed by atoms with Crippen LogP contribution in [0.15, 0.2) is 16.5 Å². The van der Waals surface area contributed by atoms with Crippen molar-refractivity contribution in [2.75, 3.05) is 40.0 Å². The first-order valence-electron chi connectivity index (χ1n) is 8.08. The highest BCUT2D eigenvalue weighted by atomic mass is 16.5. The molecule has 1 aliphatic rings. The van der Waals surface area contributed by atoms with Gasteiger partial charge in [-0.05, 0) is 44.9 Å². The van der Waals surface area contributed by atoms with Crippen LogP contribution in [-0.2, 0) is 9.47 Å². The quantitative estimate of drug-likeness (QED) is 0.690. The zero-order valence-corrected chi connectivity index (χ0v) is 13.6. The van der Waals surface area contributed by atoms with E-state index in [4.69, 9.17) is 13.9 Å². The van der Waals surface area contributed by atoms with Crippen molar-refractivity contribution in [1.29, 1.82) is 0 Å². The Hall–Kier alpha value is -0.840. The van der Waals surface area contributed by atoms with Crippen LogP contribution < -0.4 is 0 Å². The molecule has 0 amide bonds. The SMILES string of the molecule is COCCOC1CCN(CC[C@H](C)c2ccc(C)o2)CC1. The molecule has 2 heterocycles. The topological polar surface area (TPSA) is 34.8 Å². The van der Waals surface area contributed by atoms with Crippen molar-refractivity contribution >= 4 is 0 Å². The van der Waals surface area contributed by atoms with Crippen LogP contribution in [0.3, 0.4) is 0 Å². The molecule has 1 saturated heterocycles. The normalized spacial score (nSPS) is 19.0. The van der Waals surface area contributed by atoms with Crippen LogP contribution in [-0.4, -0.2) is 51.0 Å². The lowest BCUT2D eigenvalue weighted by atomic mass is 10.0. The van der Waals surface area contributed by atoms with Gasteiger partial charge in [0.2, 0.25) is 0 Å². The molecule has 1 atom stereocenters. The average molecular weight is 295 g/mol. The van der Waals surface area contributed by atoms with E-state index in [1.165, 1.54) is 0 Å². The minimum atomic E-state index is 0.418. The van der Waals surface area contributed by atoms with E-state index in [0.29, 0.717) is 18.6 Å². The molecule has 0 bridgehead atoms. The number of hydrogen-bond acceptors (Lipinski definition) is 4. The van der Waals surface area contributed by atoms with Crippen LogP contribution in [0.25, 0.3) is 0 Å². The monoisotopic (exact) mass is 295 g/mol. The smallest absolute Gasteiger partial charge is 0.107 e. The third-order valence-electron chi connectivity index (χ3n) is 4.30. The van der Waals surface area contributed by atoms with E-state index in [-0.39, 0.29) is 0 Å². The Kier molecular flexibility index (Phi) is 6.74. The van der Waals surface area contributed by atoms with E-state index in [2.05, 4.69) is 24.0 Å². The standard InChI is InChI=1S/C17H29NO3/c1-14(17-5-4-15(2)21-17)6-9-18-10-7-16(8-11-18)20-13-12-19-3/h4-5,14,16H,6-13H2,1-3H3/t14-/m0/s1. The van der Waals surface area contributed by atoms with Gasteiger partial charge in [0.15, 0.2) is 0 Å². The maximum atomic E-state index is 5.80. The first-order valence-corrected chi connectivity index (χ1v) is 8.08. The van der Waals surface area contributed by atoms with E-state index in [1.54, 1.807) is 7.11 Å². The zero-order valence-electron chi connectivity index (χ0n) is 13.6. The van der Waals surface area contributed by atoms with Crippen molar-refractivity contribution in [3.63, 3.8) is 0 Å². The van der Waals surface area contributed by atoms with Gasteiger partial charge >= 0.3 is 0 Å². The third-order valence-corrected chi connectivity index (χ3v) is 4.30. The Morgan fingerprint density at radius 2 is 2.05 bits per heavy atom. The van der Waals surface area contributed by atoms with Crippen molar-refractivity contribution in [3.8, 4) is 0 Å². The van der Waals surface area contributed by atoms with Crippen molar-refractivity contribution in [2.45, 2.75) is 45.1 Å². The van der Waals surface area contributed by atoms with Crippen LogP contribution >= 0.6 is 0 Å². The summed E-state index contributed by atoms with van der Waals surface area (Å²) in [4.78, 5) is 2.54. The molecule has 0 aromatic carbocycles. The minimum Gasteiger partial charge on any atom is -0.466 e. The van der Waals surface area contributed by atoms with Gasteiger partial charge in [0.25, 0.3) is 0 Å². The van der Waals surface area contributed by atoms with Gasteiger partial charge in [-0.3, -0.25) is 0 Å². The van der Waals surface area contributed by atoms with Gasteiger partial charge in [0, 0.05) is 26.1 Å². The molecule has 1 fully saturated rings. The second-order valence-electron chi connectivity index (χ2n) is 6.04. The fraction of sp³-hybridized carbons (Fsp3) is 0.765. The number of methoxy groups -OCH3 is 1. The predicted molar refractivity (Wildman–Crippen MR) is 83.8 cm³/mol. The molecule has 4 heteroatoms. The number of hydrogen-bond donors (Lipinski definition) is 0. The summed E-state index contributed by atoms with van der Waals surface area (Å²) in [6.45, 7) is 9.09. The molecule has 0 saturated carbocycles. The Bertz CT molecular complexity index is 396. The van der Waals surface area contributed by atoms with Gasteiger partial charge in [0.1, 0.15) is 11.5 Å². The molecule has 0 aliphatic carbocycles. The van der Waals surface area contributed by atoms with Gasteiger partial charge in [0.05, 0.1) is 19.3 Å². The maximum Gasteiger partial charge on any atom is 0.107 e. The summed E-state index contributed by atoms with van der Waals surface area (Å²) in [6, 6.07) is 4.16. The Morgan fingerprint density at radius 3 is 2.67 bits per heavy atom. The number of likely N-dealkylation sites (tertiary alicyclic amines) is 1. The third kappa shape index (κ3) is 5.46. The molecule has 2 rings (SSSR count). The molecule has 1 aromatic rings. The highest BCUT2D eigenvalue weighted by Crippen LogP contribution is 2.22. The molecule has 0 unspecified atom stereocenters. The number of piperidine rings is 1. The summed E-state index contributed by atoms with van der Waals surface area (Å²) in [7, 11) is 1.72. The summed E-state index contributed by atoms with van der Waals surface area (Å²) in [5.41, 5.74) is 0. The van der Waals surface area contributed by atoms with E-state index >= 15 is 0 Å². The van der Waals surface area contributed by atoms with Gasteiger partial charge in [-0.15, -0.1) is 0 Å². The van der Waals surface area contributed by atoms with Gasteiger partial charge < -0.3 is 18.8 Å². The van der Waals surface area contributed by atoms with Crippen LogP contribution in [0.1, 0.15) is 43.6 Å². The first-order chi connectivity index (χ1) is 10.2. The molecule has 0 N–H and O–H groups in total. The molecular weight excluding hydrogens is 266 g/mol. The lowest BCUT2D eigenvalue weighted by Gasteiger charge is -2.32. The first kappa shape index (κ1) is 16.5. The zero-order chi connectivity index (χ0) is 15.1. The summed E-state index contributed by atoms with van der Waals surface area (Å²) in [5.74, 6) is 2.62. The second kappa shape index (κ2) is 8.57. The average Bonchev–Trinajstić information content (AvgIpc) is 2.93. The summed E-state index contributed by atoms with van der Waals surface area (Å²) in [5, 5.41) is 0. The Balaban J connectivity index is 1.62. The highest BCUT2D eigenvalue weighted by molar-refractivity contribution is 5.09. The molecule has 120 valence electrons. The molecule has 1 aromatic heterocycles. The van der Waals surface area contributed by atoms with Crippen molar-refractivity contribution in [3.05, 3.63) is 23.7 Å². The largest absolute Gasteiger partial charge is 0.466 e. The van der Waals surface area contributed by atoms with Gasteiger partial charge in [-0.2, -0.15) is 0 Å². The van der Waals surface area contributed by atoms with E-state index in [0.717, 1.165) is 57.0 Å². The number of aryl methyl sites for hydroxylation is 1.